The van der Waals surface area contributed by atoms with Crippen molar-refractivity contribution >= 4 is 11.8 Å². The van der Waals surface area contributed by atoms with Crippen LogP contribution in [0, 0.1) is 10.1 Å². The minimum absolute atomic E-state index is 0.0429. The van der Waals surface area contributed by atoms with Crippen LogP contribution in [0.1, 0.15) is 12.0 Å². The molecule has 1 aromatic carbocycles. The first-order valence-electron chi connectivity index (χ1n) is 5.52. The molecule has 0 aliphatic carbocycles. The molecule has 1 aromatic rings. The number of aliphatic hydroxyl groups excluding tert-OH is 1. The molecule has 8 heteroatoms. The van der Waals surface area contributed by atoms with Crippen molar-refractivity contribution in [3.8, 4) is 0 Å². The number of amides is 1. The van der Waals surface area contributed by atoms with Gasteiger partial charge in [0.2, 0.25) is 0 Å². The summed E-state index contributed by atoms with van der Waals surface area (Å²) in [7, 11) is 0. The lowest BCUT2D eigenvalue weighted by molar-refractivity contribution is -0.384. The number of hydrogen-bond donors (Lipinski definition) is 2. The van der Waals surface area contributed by atoms with Gasteiger partial charge in [-0.1, -0.05) is 12.1 Å². The molecule has 0 aliphatic heterocycles. The van der Waals surface area contributed by atoms with Crippen molar-refractivity contribution in [3.05, 3.63) is 39.9 Å². The number of benzene rings is 1. The summed E-state index contributed by atoms with van der Waals surface area (Å²) in [5.74, 6) is 0. The van der Waals surface area contributed by atoms with Crippen molar-refractivity contribution in [2.24, 2.45) is 0 Å². The second kappa shape index (κ2) is 7.29. The average Bonchev–Trinajstić information content (AvgIpc) is 2.38. The van der Waals surface area contributed by atoms with E-state index in [2.05, 4.69) is 0 Å². The van der Waals surface area contributed by atoms with Gasteiger partial charge >= 0.3 is 6.09 Å². The van der Waals surface area contributed by atoms with Crippen LogP contribution in [-0.2, 0) is 11.4 Å². The molecule has 0 aromatic heterocycles. The molecule has 0 bridgehead atoms. The van der Waals surface area contributed by atoms with E-state index in [-0.39, 0.29) is 25.4 Å². The fraction of sp³-hybridized carbons (Fsp3) is 0.364. The highest BCUT2D eigenvalue weighted by Gasteiger charge is 2.14. The summed E-state index contributed by atoms with van der Waals surface area (Å²) < 4.78 is 0. The topological polar surface area (TPSA) is 113 Å². The third-order valence-corrected chi connectivity index (χ3v) is 2.24. The number of nitro groups is 1. The van der Waals surface area contributed by atoms with E-state index < -0.39 is 11.0 Å². The zero-order chi connectivity index (χ0) is 14.3. The van der Waals surface area contributed by atoms with Gasteiger partial charge in [-0.05, 0) is 12.0 Å². The first-order valence-corrected chi connectivity index (χ1v) is 5.52. The van der Waals surface area contributed by atoms with E-state index in [1.807, 2.05) is 0 Å². The van der Waals surface area contributed by atoms with Gasteiger partial charge in [0.15, 0.2) is 0 Å². The molecule has 0 radical (unpaired) electrons. The second-order valence-electron chi connectivity index (χ2n) is 3.65. The maximum absolute atomic E-state index is 10.9. The van der Waals surface area contributed by atoms with Crippen molar-refractivity contribution in [3.63, 3.8) is 0 Å². The summed E-state index contributed by atoms with van der Waals surface area (Å²) in [5.41, 5.74) is 0.504. The Balaban J connectivity index is 2.63. The Hall–Kier alpha value is -2.19. The summed E-state index contributed by atoms with van der Waals surface area (Å²) in [6.45, 7) is -0.0560. The Bertz CT molecular complexity index is 433. The molecule has 0 fully saturated rings. The highest BCUT2D eigenvalue weighted by atomic mass is 16.7. The van der Waals surface area contributed by atoms with Gasteiger partial charge < -0.3 is 10.2 Å². The normalized spacial score (nSPS) is 10.2. The third-order valence-electron chi connectivity index (χ3n) is 2.24. The average molecular weight is 270 g/mol. The van der Waals surface area contributed by atoms with Crippen molar-refractivity contribution in [2.45, 2.75) is 13.0 Å². The van der Waals surface area contributed by atoms with Gasteiger partial charge in [0, 0.05) is 18.7 Å². The predicted octanol–water partition coefficient (Wildman–Crippen LogP) is 1.39. The largest absolute Gasteiger partial charge is 0.463 e. The molecule has 1 rings (SSSR count). The number of carbonyl (C=O) groups is 1. The number of hydroxylamine groups is 2. The number of carboxylic acid groups (broad SMARTS) is 1. The van der Waals surface area contributed by atoms with E-state index in [0.717, 1.165) is 5.06 Å². The van der Waals surface area contributed by atoms with Gasteiger partial charge in [-0.15, -0.1) is 0 Å². The maximum Gasteiger partial charge on any atom is 0.431 e. The molecule has 1 amide bonds. The van der Waals surface area contributed by atoms with Gasteiger partial charge in [-0.25, -0.2) is 4.79 Å². The van der Waals surface area contributed by atoms with E-state index in [1.165, 1.54) is 24.3 Å². The van der Waals surface area contributed by atoms with Crippen molar-refractivity contribution in [2.75, 3.05) is 13.2 Å². The first-order chi connectivity index (χ1) is 9.04. The fourth-order valence-corrected chi connectivity index (χ4v) is 1.30. The van der Waals surface area contributed by atoms with E-state index in [0.29, 0.717) is 12.0 Å². The number of non-ortho nitro benzene ring substituents is 1. The zero-order valence-corrected chi connectivity index (χ0v) is 10.1. The Morgan fingerprint density at radius 3 is 2.47 bits per heavy atom. The molecule has 2 N–H and O–H groups in total. The predicted molar refractivity (Wildman–Crippen MR) is 64.3 cm³/mol. The Morgan fingerprint density at radius 2 is 2.00 bits per heavy atom. The van der Waals surface area contributed by atoms with Crippen LogP contribution in [0.5, 0.6) is 0 Å². The van der Waals surface area contributed by atoms with Crippen molar-refractivity contribution < 1.29 is 24.8 Å². The zero-order valence-electron chi connectivity index (χ0n) is 10.1. The van der Waals surface area contributed by atoms with Gasteiger partial charge in [-0.3, -0.25) is 15.0 Å². The second-order valence-corrected chi connectivity index (χ2v) is 3.65. The van der Waals surface area contributed by atoms with Crippen LogP contribution in [0.3, 0.4) is 0 Å². The lowest BCUT2D eigenvalue weighted by Gasteiger charge is -2.18. The molecular formula is C11H14N2O6. The summed E-state index contributed by atoms with van der Waals surface area (Å²) in [6, 6.07) is 5.51. The summed E-state index contributed by atoms with van der Waals surface area (Å²) >= 11 is 0. The molecule has 0 saturated heterocycles. The van der Waals surface area contributed by atoms with Crippen LogP contribution in [0.2, 0.25) is 0 Å². The molecule has 0 saturated carbocycles. The van der Waals surface area contributed by atoms with Gasteiger partial charge in [0.25, 0.3) is 5.69 Å². The minimum Gasteiger partial charge on any atom is -0.463 e. The third kappa shape index (κ3) is 4.90. The smallest absolute Gasteiger partial charge is 0.431 e. The number of hydrogen-bond acceptors (Lipinski definition) is 5. The summed E-state index contributed by atoms with van der Waals surface area (Å²) in [4.78, 5) is 25.8. The monoisotopic (exact) mass is 270 g/mol. The molecular weight excluding hydrogens is 256 g/mol. The lowest BCUT2D eigenvalue weighted by atomic mass is 10.2. The molecule has 0 heterocycles. The molecule has 104 valence electrons. The number of nitro benzene ring substituents is 1. The molecule has 0 unspecified atom stereocenters. The van der Waals surface area contributed by atoms with Crippen LogP contribution in [0.15, 0.2) is 24.3 Å². The number of nitrogens with zero attached hydrogens (tertiary/aromatic N) is 2. The van der Waals surface area contributed by atoms with Crippen LogP contribution in [-0.4, -0.2) is 39.5 Å². The van der Waals surface area contributed by atoms with E-state index in [9.17, 15) is 14.9 Å². The van der Waals surface area contributed by atoms with Gasteiger partial charge in [0.05, 0.1) is 18.1 Å². The van der Waals surface area contributed by atoms with Gasteiger partial charge in [-0.2, -0.15) is 5.06 Å². The fourth-order valence-electron chi connectivity index (χ4n) is 1.30. The summed E-state index contributed by atoms with van der Waals surface area (Å²) in [5, 5.41) is 28.7. The molecule has 8 nitrogen and oxygen atoms in total. The highest BCUT2D eigenvalue weighted by Crippen LogP contribution is 2.13. The molecule has 0 aliphatic rings. The Labute approximate surface area is 108 Å². The van der Waals surface area contributed by atoms with Crippen LogP contribution < -0.4 is 0 Å². The Morgan fingerprint density at radius 1 is 1.37 bits per heavy atom. The van der Waals surface area contributed by atoms with Crippen LogP contribution in [0.4, 0.5) is 10.5 Å². The van der Waals surface area contributed by atoms with E-state index in [1.54, 1.807) is 0 Å². The summed E-state index contributed by atoms with van der Waals surface area (Å²) in [6.07, 6.45) is -0.944. The number of rotatable bonds is 7. The van der Waals surface area contributed by atoms with Crippen molar-refractivity contribution in [1.82, 2.24) is 5.06 Å². The number of aliphatic hydroxyl groups is 1. The lowest BCUT2D eigenvalue weighted by Crippen LogP contribution is -2.29. The minimum atomic E-state index is -1.27. The quantitative estimate of drug-likeness (QED) is 0.439. The van der Waals surface area contributed by atoms with Crippen molar-refractivity contribution in [1.29, 1.82) is 0 Å². The maximum atomic E-state index is 10.9. The molecule has 0 spiro atoms. The highest BCUT2D eigenvalue weighted by molar-refractivity contribution is 5.63. The van der Waals surface area contributed by atoms with Gasteiger partial charge in [0.1, 0.15) is 0 Å². The molecule has 19 heavy (non-hydrogen) atoms. The molecule has 0 atom stereocenters. The first kappa shape index (κ1) is 14.9. The van der Waals surface area contributed by atoms with Crippen LogP contribution in [0.25, 0.3) is 0 Å². The Kier molecular flexibility index (Phi) is 5.71. The standard InChI is InChI=1S/C11H14N2O6/c14-6-1-7-19-12(11(15)16)8-9-2-4-10(5-3-9)13(17)18/h2-5,14H,1,6-8H2,(H,15,16). The SMILES string of the molecule is O=C(O)N(Cc1ccc([N+](=O)[O-])cc1)OCCCO. The van der Waals surface area contributed by atoms with E-state index >= 15 is 0 Å². The van der Waals surface area contributed by atoms with E-state index in [4.69, 9.17) is 15.1 Å². The van der Waals surface area contributed by atoms with Crippen LogP contribution >= 0.6 is 0 Å².